The number of piperazine rings is 1. The van der Waals surface area contributed by atoms with Gasteiger partial charge in [-0.3, -0.25) is 9.88 Å². The van der Waals surface area contributed by atoms with Crippen molar-refractivity contribution in [3.8, 4) is 5.69 Å². The van der Waals surface area contributed by atoms with Crippen molar-refractivity contribution >= 4 is 0 Å². The minimum atomic E-state index is 0.580. The minimum Gasteiger partial charge on any atom is -0.304 e. The Morgan fingerprint density at radius 2 is 1.86 bits per heavy atom. The first-order valence-corrected chi connectivity index (χ1v) is 7.96. The van der Waals surface area contributed by atoms with E-state index in [9.17, 15) is 0 Å². The summed E-state index contributed by atoms with van der Waals surface area (Å²) in [5, 5.41) is 4.34. The molecule has 3 heterocycles. The van der Waals surface area contributed by atoms with Gasteiger partial charge in [0.2, 0.25) is 0 Å². The molecule has 0 saturated carbocycles. The van der Waals surface area contributed by atoms with E-state index in [0.29, 0.717) is 6.04 Å². The Morgan fingerprint density at radius 3 is 2.59 bits per heavy atom. The van der Waals surface area contributed by atoms with Gasteiger partial charge in [-0.1, -0.05) is 0 Å². The molecule has 118 valence electrons. The molecule has 6 nitrogen and oxygen atoms in total. The molecule has 0 spiro atoms. The van der Waals surface area contributed by atoms with Crippen molar-refractivity contribution in [3.05, 3.63) is 36.7 Å². The van der Waals surface area contributed by atoms with Gasteiger partial charge in [0.15, 0.2) is 0 Å². The first-order valence-electron chi connectivity index (χ1n) is 7.96. The highest BCUT2D eigenvalue weighted by Gasteiger charge is 2.19. The molecule has 1 fully saturated rings. The van der Waals surface area contributed by atoms with Crippen LogP contribution in [0, 0.1) is 0 Å². The molecule has 0 bridgehead atoms. The van der Waals surface area contributed by atoms with Crippen LogP contribution < -0.4 is 0 Å². The highest BCUT2D eigenvalue weighted by atomic mass is 15.3. The van der Waals surface area contributed by atoms with Crippen molar-refractivity contribution in [2.24, 2.45) is 0 Å². The van der Waals surface area contributed by atoms with Gasteiger partial charge in [-0.2, -0.15) is 5.10 Å². The van der Waals surface area contributed by atoms with E-state index < -0.39 is 0 Å². The number of rotatable bonds is 5. The fraction of sp³-hybridized carbons (Fsp3) is 0.562. The Morgan fingerprint density at radius 1 is 1.14 bits per heavy atom. The fourth-order valence-electron chi connectivity index (χ4n) is 2.92. The fourth-order valence-corrected chi connectivity index (χ4v) is 2.92. The second kappa shape index (κ2) is 6.98. The van der Waals surface area contributed by atoms with Crippen LogP contribution in [0.3, 0.4) is 0 Å². The molecule has 0 aliphatic carbocycles. The number of likely N-dealkylation sites (N-methyl/N-ethyl adjacent to an activating group) is 1. The third-order valence-corrected chi connectivity index (χ3v) is 4.47. The zero-order chi connectivity index (χ0) is 15.4. The number of hydrogen-bond donors (Lipinski definition) is 0. The second-order valence-corrected chi connectivity index (χ2v) is 6.02. The zero-order valence-electron chi connectivity index (χ0n) is 13.4. The number of aryl methyl sites for hydroxylation is 1. The summed E-state index contributed by atoms with van der Waals surface area (Å²) in [4.78, 5) is 13.4. The van der Waals surface area contributed by atoms with Gasteiger partial charge < -0.3 is 4.90 Å². The van der Waals surface area contributed by atoms with E-state index >= 15 is 0 Å². The molecule has 6 heteroatoms. The summed E-state index contributed by atoms with van der Waals surface area (Å²) in [6.45, 7) is 6.97. The number of nitrogens with zero attached hydrogens (tertiary/aromatic N) is 6. The molecule has 2 aromatic rings. The van der Waals surface area contributed by atoms with Crippen molar-refractivity contribution in [3.63, 3.8) is 0 Å². The van der Waals surface area contributed by atoms with Gasteiger partial charge in [-0.05, 0) is 32.5 Å². The second-order valence-electron chi connectivity index (χ2n) is 6.02. The summed E-state index contributed by atoms with van der Waals surface area (Å²) >= 11 is 0. The third kappa shape index (κ3) is 3.51. The van der Waals surface area contributed by atoms with Crippen LogP contribution in [0.15, 0.2) is 30.9 Å². The maximum Gasteiger partial charge on any atom is 0.138 e. The van der Waals surface area contributed by atoms with Crippen LogP contribution in [-0.2, 0) is 6.42 Å². The lowest BCUT2D eigenvalue weighted by molar-refractivity contribution is 0.114. The molecule has 1 unspecified atom stereocenters. The lowest BCUT2D eigenvalue weighted by Gasteiger charge is -2.36. The molecule has 22 heavy (non-hydrogen) atoms. The smallest absolute Gasteiger partial charge is 0.138 e. The van der Waals surface area contributed by atoms with E-state index in [2.05, 4.69) is 38.8 Å². The normalized spacial score (nSPS) is 18.5. The monoisotopic (exact) mass is 300 g/mol. The van der Waals surface area contributed by atoms with Crippen molar-refractivity contribution in [2.45, 2.75) is 25.8 Å². The predicted molar refractivity (Wildman–Crippen MR) is 86.0 cm³/mol. The van der Waals surface area contributed by atoms with Crippen LogP contribution in [0.1, 0.15) is 19.2 Å². The first kappa shape index (κ1) is 15.1. The average Bonchev–Trinajstić information content (AvgIpc) is 3.02. The Balaban J connectivity index is 1.59. The summed E-state index contributed by atoms with van der Waals surface area (Å²) in [7, 11) is 2.19. The molecule has 1 saturated heterocycles. The van der Waals surface area contributed by atoms with Crippen LogP contribution in [0.2, 0.25) is 0 Å². The standard InChI is InChI=1S/C16H24N6/c1-14(21-11-9-20(2)10-12-21)3-4-16-18-13-19-22(16)15-5-7-17-8-6-15/h5-8,13-14H,3-4,9-12H2,1-2H3. The van der Waals surface area contributed by atoms with Gasteiger partial charge in [0, 0.05) is 51.0 Å². The highest BCUT2D eigenvalue weighted by Crippen LogP contribution is 2.13. The molecule has 2 aromatic heterocycles. The maximum absolute atomic E-state index is 4.43. The van der Waals surface area contributed by atoms with Crippen LogP contribution in [0.4, 0.5) is 0 Å². The summed E-state index contributed by atoms with van der Waals surface area (Å²) in [5.41, 5.74) is 1.02. The highest BCUT2D eigenvalue weighted by molar-refractivity contribution is 5.28. The van der Waals surface area contributed by atoms with Gasteiger partial charge in [0.25, 0.3) is 0 Å². The lowest BCUT2D eigenvalue weighted by Crippen LogP contribution is -2.48. The van der Waals surface area contributed by atoms with E-state index in [1.54, 1.807) is 18.7 Å². The Labute approximate surface area is 131 Å². The van der Waals surface area contributed by atoms with Gasteiger partial charge >= 0.3 is 0 Å². The molecule has 0 amide bonds. The first-order chi connectivity index (χ1) is 10.7. The van der Waals surface area contributed by atoms with E-state index in [0.717, 1.165) is 50.5 Å². The Kier molecular flexibility index (Phi) is 4.80. The summed E-state index contributed by atoms with van der Waals surface area (Å²) in [6.07, 6.45) is 7.25. The molecule has 1 atom stereocenters. The van der Waals surface area contributed by atoms with Gasteiger partial charge in [-0.25, -0.2) is 9.67 Å². The predicted octanol–water partition coefficient (Wildman–Crippen LogP) is 1.23. The summed E-state index contributed by atoms with van der Waals surface area (Å²) in [6, 6.07) is 4.50. The van der Waals surface area contributed by atoms with Gasteiger partial charge in [0.05, 0.1) is 5.69 Å². The largest absolute Gasteiger partial charge is 0.304 e. The van der Waals surface area contributed by atoms with Crippen molar-refractivity contribution < 1.29 is 0 Å². The van der Waals surface area contributed by atoms with Crippen LogP contribution in [-0.4, -0.2) is 68.8 Å². The molecular weight excluding hydrogens is 276 g/mol. The molecular formula is C16H24N6. The van der Waals surface area contributed by atoms with Gasteiger partial charge in [0.1, 0.15) is 12.2 Å². The lowest BCUT2D eigenvalue weighted by atomic mass is 10.1. The number of aromatic nitrogens is 4. The van der Waals surface area contributed by atoms with E-state index in [1.807, 2.05) is 16.8 Å². The Bertz CT molecular complexity index is 573. The minimum absolute atomic E-state index is 0.580. The summed E-state index contributed by atoms with van der Waals surface area (Å²) < 4.78 is 1.92. The maximum atomic E-state index is 4.43. The van der Waals surface area contributed by atoms with Crippen molar-refractivity contribution in [2.75, 3.05) is 33.2 Å². The van der Waals surface area contributed by atoms with Crippen LogP contribution in [0.25, 0.3) is 5.69 Å². The molecule has 1 aliphatic heterocycles. The molecule has 3 rings (SSSR count). The summed E-state index contributed by atoms with van der Waals surface area (Å²) in [5.74, 6) is 1.02. The van der Waals surface area contributed by atoms with E-state index in [4.69, 9.17) is 0 Å². The van der Waals surface area contributed by atoms with Crippen LogP contribution >= 0.6 is 0 Å². The SMILES string of the molecule is CC(CCc1ncnn1-c1ccncc1)N1CCN(C)CC1. The third-order valence-electron chi connectivity index (χ3n) is 4.47. The number of pyridine rings is 1. The van der Waals surface area contributed by atoms with Crippen molar-refractivity contribution in [1.29, 1.82) is 0 Å². The average molecular weight is 300 g/mol. The van der Waals surface area contributed by atoms with Crippen molar-refractivity contribution in [1.82, 2.24) is 29.5 Å². The Hall–Kier alpha value is -1.79. The number of hydrogen-bond acceptors (Lipinski definition) is 5. The topological polar surface area (TPSA) is 50.1 Å². The van der Waals surface area contributed by atoms with E-state index in [1.165, 1.54) is 0 Å². The quantitative estimate of drug-likeness (QED) is 0.831. The van der Waals surface area contributed by atoms with E-state index in [-0.39, 0.29) is 0 Å². The molecule has 0 aromatic carbocycles. The van der Waals surface area contributed by atoms with Gasteiger partial charge in [-0.15, -0.1) is 0 Å². The molecule has 0 radical (unpaired) electrons. The molecule has 0 N–H and O–H groups in total. The molecule has 1 aliphatic rings. The zero-order valence-corrected chi connectivity index (χ0v) is 13.4. The van der Waals surface area contributed by atoms with Crippen LogP contribution in [0.5, 0.6) is 0 Å².